The maximum absolute atomic E-state index is 14.6. The molecule has 0 nitrogen and oxygen atoms in total. The Morgan fingerprint density at radius 1 is 0.774 bits per heavy atom. The van der Waals surface area contributed by atoms with E-state index in [4.69, 9.17) is 0 Å². The normalized spacial score (nSPS) is 17.9. The lowest BCUT2D eigenvalue weighted by Gasteiger charge is -2.28. The molecular weight excluding hydrogens is 379 g/mol. The van der Waals surface area contributed by atoms with Crippen LogP contribution in [0.25, 0.3) is 0 Å². The van der Waals surface area contributed by atoms with Crippen LogP contribution in [0.1, 0.15) is 93.9 Å². The lowest BCUT2D eigenvalue weighted by Crippen LogP contribution is -2.15. The third kappa shape index (κ3) is 7.60. The SMILES string of the molecule is CCCC#Cc1ccc(C#Cc2ccc(CC[C@H]3CC[C@H](CCC)CC3)cc2F)cc1. The molecule has 0 heterocycles. The summed E-state index contributed by atoms with van der Waals surface area (Å²) in [7, 11) is 0. The zero-order chi connectivity index (χ0) is 21.9. The Morgan fingerprint density at radius 2 is 1.42 bits per heavy atom. The Morgan fingerprint density at radius 3 is 2.03 bits per heavy atom. The third-order valence-electron chi connectivity index (χ3n) is 6.37. The third-order valence-corrected chi connectivity index (χ3v) is 6.37. The molecule has 2 aromatic rings. The highest BCUT2D eigenvalue weighted by atomic mass is 19.1. The molecule has 3 rings (SSSR count). The fourth-order valence-electron chi connectivity index (χ4n) is 4.47. The average molecular weight is 415 g/mol. The first kappa shape index (κ1) is 23.2. The smallest absolute Gasteiger partial charge is 0.139 e. The zero-order valence-electron chi connectivity index (χ0n) is 19.1. The van der Waals surface area contributed by atoms with Crippen molar-refractivity contribution in [1.29, 1.82) is 0 Å². The van der Waals surface area contributed by atoms with Gasteiger partial charge in [-0.05, 0) is 73.1 Å². The zero-order valence-corrected chi connectivity index (χ0v) is 19.1. The van der Waals surface area contributed by atoms with Crippen LogP contribution in [0.3, 0.4) is 0 Å². The summed E-state index contributed by atoms with van der Waals surface area (Å²) >= 11 is 0. The summed E-state index contributed by atoms with van der Waals surface area (Å²) in [6, 6.07) is 13.4. The Kier molecular flexibility index (Phi) is 9.24. The quantitative estimate of drug-likeness (QED) is 0.421. The van der Waals surface area contributed by atoms with Gasteiger partial charge in [-0.2, -0.15) is 0 Å². The van der Waals surface area contributed by atoms with Crippen LogP contribution in [0, 0.1) is 41.3 Å². The second kappa shape index (κ2) is 12.4. The van der Waals surface area contributed by atoms with Crippen LogP contribution in [0.2, 0.25) is 0 Å². The maximum Gasteiger partial charge on any atom is 0.139 e. The molecule has 162 valence electrons. The summed E-state index contributed by atoms with van der Waals surface area (Å²) in [4.78, 5) is 0. The molecule has 0 atom stereocenters. The van der Waals surface area contributed by atoms with E-state index in [-0.39, 0.29) is 5.82 Å². The van der Waals surface area contributed by atoms with Gasteiger partial charge in [0.05, 0.1) is 5.56 Å². The molecule has 31 heavy (non-hydrogen) atoms. The summed E-state index contributed by atoms with van der Waals surface area (Å²) in [5.41, 5.74) is 3.43. The van der Waals surface area contributed by atoms with Gasteiger partial charge in [-0.25, -0.2) is 4.39 Å². The Hall–Kier alpha value is -2.51. The Labute approximate surface area is 188 Å². The summed E-state index contributed by atoms with van der Waals surface area (Å²) < 4.78 is 14.6. The van der Waals surface area contributed by atoms with Crippen molar-refractivity contribution in [1.82, 2.24) is 0 Å². The highest BCUT2D eigenvalue weighted by molar-refractivity contribution is 5.46. The van der Waals surface area contributed by atoms with E-state index in [1.54, 1.807) is 6.07 Å². The van der Waals surface area contributed by atoms with Crippen LogP contribution in [-0.2, 0) is 6.42 Å². The number of unbranched alkanes of at least 4 members (excludes halogenated alkanes) is 1. The maximum atomic E-state index is 14.6. The van der Waals surface area contributed by atoms with Gasteiger partial charge in [0.1, 0.15) is 5.82 Å². The van der Waals surface area contributed by atoms with Gasteiger partial charge in [-0.1, -0.05) is 82.1 Å². The number of hydrogen-bond acceptors (Lipinski definition) is 0. The van der Waals surface area contributed by atoms with E-state index in [9.17, 15) is 4.39 Å². The van der Waals surface area contributed by atoms with E-state index in [1.165, 1.54) is 44.9 Å². The highest BCUT2D eigenvalue weighted by Crippen LogP contribution is 2.33. The Bertz CT molecular complexity index is 938. The van der Waals surface area contributed by atoms with Crippen LogP contribution in [0.4, 0.5) is 4.39 Å². The van der Waals surface area contributed by atoms with Crippen molar-refractivity contribution >= 4 is 0 Å². The number of benzene rings is 2. The van der Waals surface area contributed by atoms with Crippen molar-refractivity contribution in [2.24, 2.45) is 11.8 Å². The minimum atomic E-state index is -0.210. The number of rotatable bonds is 6. The van der Waals surface area contributed by atoms with E-state index in [2.05, 4.69) is 37.5 Å². The van der Waals surface area contributed by atoms with Gasteiger partial charge >= 0.3 is 0 Å². The van der Waals surface area contributed by atoms with E-state index in [1.807, 2.05) is 36.4 Å². The van der Waals surface area contributed by atoms with Crippen LogP contribution < -0.4 is 0 Å². The summed E-state index contributed by atoms with van der Waals surface area (Å²) in [6.07, 6.45) is 12.3. The predicted molar refractivity (Wildman–Crippen MR) is 129 cm³/mol. The lowest BCUT2D eigenvalue weighted by molar-refractivity contribution is 0.252. The number of hydrogen-bond donors (Lipinski definition) is 0. The standard InChI is InChI=1S/C30H35F/c1-3-5-6-8-25-11-15-27(16-12-25)19-21-29-22-20-28(23-30(29)31)18-17-26-13-9-24(7-4-2)10-14-26/h11-12,15-16,20,22-24,26H,3-5,7,9-10,13-14,17-18H2,1-2H3/t24-,26-. The van der Waals surface area contributed by atoms with Gasteiger partial charge in [-0.3, -0.25) is 0 Å². The minimum absolute atomic E-state index is 0.210. The first-order valence-corrected chi connectivity index (χ1v) is 12.1. The molecule has 0 saturated heterocycles. The minimum Gasteiger partial charge on any atom is -0.206 e. The van der Waals surface area contributed by atoms with E-state index >= 15 is 0 Å². The van der Waals surface area contributed by atoms with Gasteiger partial charge in [0, 0.05) is 17.5 Å². The highest BCUT2D eigenvalue weighted by Gasteiger charge is 2.20. The Balaban J connectivity index is 1.53. The fourth-order valence-corrected chi connectivity index (χ4v) is 4.47. The molecule has 0 radical (unpaired) electrons. The van der Waals surface area contributed by atoms with Gasteiger partial charge in [-0.15, -0.1) is 0 Å². The molecule has 1 fully saturated rings. The first-order chi connectivity index (χ1) is 15.2. The van der Waals surface area contributed by atoms with Crippen molar-refractivity contribution in [2.75, 3.05) is 0 Å². The number of halogens is 1. The second-order valence-corrected chi connectivity index (χ2v) is 8.91. The monoisotopic (exact) mass is 414 g/mol. The van der Waals surface area contributed by atoms with Gasteiger partial charge in [0.2, 0.25) is 0 Å². The van der Waals surface area contributed by atoms with Crippen LogP contribution in [0.5, 0.6) is 0 Å². The molecule has 1 aliphatic rings. The predicted octanol–water partition coefficient (Wildman–Crippen LogP) is 7.92. The molecular formula is C30H35F. The molecule has 0 spiro atoms. The molecule has 0 unspecified atom stereocenters. The second-order valence-electron chi connectivity index (χ2n) is 8.91. The molecule has 0 aliphatic heterocycles. The van der Waals surface area contributed by atoms with Crippen molar-refractivity contribution < 1.29 is 4.39 Å². The fraction of sp³-hybridized carbons (Fsp3) is 0.467. The molecule has 1 heteroatoms. The average Bonchev–Trinajstić information content (AvgIpc) is 2.79. The van der Waals surface area contributed by atoms with Crippen molar-refractivity contribution in [3.05, 3.63) is 70.5 Å². The molecule has 0 N–H and O–H groups in total. The number of aryl methyl sites for hydroxylation is 1. The van der Waals surface area contributed by atoms with E-state index in [0.717, 1.165) is 47.8 Å². The molecule has 0 bridgehead atoms. The summed E-state index contributed by atoms with van der Waals surface area (Å²) in [5.74, 6) is 13.9. The molecule has 0 amide bonds. The molecule has 1 aliphatic carbocycles. The summed E-state index contributed by atoms with van der Waals surface area (Å²) in [5, 5.41) is 0. The van der Waals surface area contributed by atoms with Crippen molar-refractivity contribution in [3.8, 4) is 23.7 Å². The van der Waals surface area contributed by atoms with E-state index in [0.29, 0.717) is 5.56 Å². The van der Waals surface area contributed by atoms with Crippen LogP contribution in [0.15, 0.2) is 42.5 Å². The lowest BCUT2D eigenvalue weighted by atomic mass is 9.78. The van der Waals surface area contributed by atoms with Crippen molar-refractivity contribution in [2.45, 2.75) is 78.1 Å². The molecule has 0 aromatic heterocycles. The summed E-state index contributed by atoms with van der Waals surface area (Å²) in [6.45, 7) is 4.41. The van der Waals surface area contributed by atoms with Gasteiger partial charge in [0.25, 0.3) is 0 Å². The van der Waals surface area contributed by atoms with Gasteiger partial charge in [0.15, 0.2) is 0 Å². The van der Waals surface area contributed by atoms with Crippen LogP contribution >= 0.6 is 0 Å². The van der Waals surface area contributed by atoms with Gasteiger partial charge < -0.3 is 0 Å². The molecule has 2 aromatic carbocycles. The van der Waals surface area contributed by atoms with Crippen LogP contribution in [-0.4, -0.2) is 0 Å². The van der Waals surface area contributed by atoms with E-state index < -0.39 is 0 Å². The topological polar surface area (TPSA) is 0 Å². The largest absolute Gasteiger partial charge is 0.206 e. The van der Waals surface area contributed by atoms with Crippen molar-refractivity contribution in [3.63, 3.8) is 0 Å². The first-order valence-electron chi connectivity index (χ1n) is 12.1. The molecule has 1 saturated carbocycles.